The molecule has 6 heteroatoms. The van der Waals surface area contributed by atoms with Gasteiger partial charge in [0, 0.05) is 34.9 Å². The van der Waals surface area contributed by atoms with Crippen LogP contribution in [0.2, 0.25) is 0 Å². The van der Waals surface area contributed by atoms with E-state index < -0.39 is 11.8 Å². The molecular weight excluding hydrogens is 382 g/mol. The monoisotopic (exact) mass is 411 g/mol. The fourth-order valence-electron chi connectivity index (χ4n) is 5.05. The standard InChI is InChI=1S/C24H29NO5/c1-14-20(24(27)30-15-8-4-5-9-15)21(22-17(25-14)11-7-12-18(22)26)16-10-6-13-19(28-2)23(16)29-3/h6,10,13,15,20-21H,4-5,7-9,11-12H2,1-3H3/t20?,21-/m1/s1. The van der Waals surface area contributed by atoms with Crippen molar-refractivity contribution < 1.29 is 23.8 Å². The third kappa shape index (κ3) is 3.64. The maximum absolute atomic E-state index is 13.4. The van der Waals surface area contributed by atoms with Crippen molar-refractivity contribution in [3.8, 4) is 11.5 Å². The summed E-state index contributed by atoms with van der Waals surface area (Å²) >= 11 is 0. The third-order valence-electron chi connectivity index (χ3n) is 6.44. The van der Waals surface area contributed by atoms with Gasteiger partial charge in [0.15, 0.2) is 17.3 Å². The number of carbonyl (C=O) groups is 2. The van der Waals surface area contributed by atoms with Crippen molar-refractivity contribution in [3.63, 3.8) is 0 Å². The van der Waals surface area contributed by atoms with Crippen LogP contribution in [0.1, 0.15) is 63.4 Å². The number of Topliss-reactive ketones (excluding diaryl/α,β-unsaturated/α-hetero) is 1. The van der Waals surface area contributed by atoms with Crippen molar-refractivity contribution in [3.05, 3.63) is 35.0 Å². The summed E-state index contributed by atoms with van der Waals surface area (Å²) in [5, 5.41) is 0. The van der Waals surface area contributed by atoms with E-state index in [1.54, 1.807) is 14.2 Å². The summed E-state index contributed by atoms with van der Waals surface area (Å²) in [5.41, 5.74) is 2.89. The van der Waals surface area contributed by atoms with Crippen molar-refractivity contribution in [1.29, 1.82) is 0 Å². The molecule has 1 aromatic carbocycles. The second-order valence-corrected chi connectivity index (χ2v) is 8.27. The van der Waals surface area contributed by atoms with E-state index in [1.165, 1.54) is 0 Å². The number of rotatable bonds is 5. The minimum absolute atomic E-state index is 0.0458. The van der Waals surface area contributed by atoms with Crippen LogP contribution in [0.15, 0.2) is 34.5 Å². The van der Waals surface area contributed by atoms with E-state index >= 15 is 0 Å². The number of ketones is 1. The summed E-state index contributed by atoms with van der Waals surface area (Å²) in [7, 11) is 3.16. The molecule has 1 fully saturated rings. The van der Waals surface area contributed by atoms with Crippen molar-refractivity contribution in [2.75, 3.05) is 14.2 Å². The highest BCUT2D eigenvalue weighted by molar-refractivity contribution is 6.09. The lowest BCUT2D eigenvalue weighted by molar-refractivity contribution is -0.151. The Balaban J connectivity index is 1.83. The summed E-state index contributed by atoms with van der Waals surface area (Å²) < 4.78 is 17.1. The Hall–Kier alpha value is -2.63. The average molecular weight is 411 g/mol. The van der Waals surface area contributed by atoms with Crippen LogP contribution in [0.25, 0.3) is 0 Å². The number of hydrogen-bond acceptors (Lipinski definition) is 6. The molecule has 1 heterocycles. The van der Waals surface area contributed by atoms with Crippen LogP contribution in [0.5, 0.6) is 11.5 Å². The van der Waals surface area contributed by atoms with Gasteiger partial charge < -0.3 is 14.2 Å². The average Bonchev–Trinajstić information content (AvgIpc) is 3.25. The number of esters is 1. The predicted octanol–water partition coefficient (Wildman–Crippen LogP) is 4.37. The number of ether oxygens (including phenoxy) is 3. The van der Waals surface area contributed by atoms with Gasteiger partial charge in [0.2, 0.25) is 0 Å². The molecule has 0 bridgehead atoms. The highest BCUT2D eigenvalue weighted by Gasteiger charge is 2.45. The Morgan fingerprint density at radius 2 is 1.83 bits per heavy atom. The number of aliphatic imine (C=N–C) groups is 1. The molecule has 1 aromatic rings. The summed E-state index contributed by atoms with van der Waals surface area (Å²) in [6.07, 6.45) is 5.91. The first-order chi connectivity index (χ1) is 14.5. The summed E-state index contributed by atoms with van der Waals surface area (Å²) in [5.74, 6) is -0.257. The minimum atomic E-state index is -0.646. The van der Waals surface area contributed by atoms with Gasteiger partial charge in [0.25, 0.3) is 0 Å². The molecule has 0 spiro atoms. The Bertz CT molecular complexity index is 910. The molecule has 30 heavy (non-hydrogen) atoms. The quantitative estimate of drug-likeness (QED) is 0.673. The lowest BCUT2D eigenvalue weighted by Gasteiger charge is -2.35. The SMILES string of the molecule is COc1cccc([C@H]2C3=C(CCCC3=O)N=C(C)C2C(=O)OC2CCCC2)c1OC. The van der Waals surface area contributed by atoms with Gasteiger partial charge >= 0.3 is 5.97 Å². The van der Waals surface area contributed by atoms with Crippen molar-refractivity contribution >= 4 is 17.5 Å². The molecule has 6 nitrogen and oxygen atoms in total. The number of carbonyl (C=O) groups excluding carboxylic acids is 2. The van der Waals surface area contributed by atoms with E-state index in [0.717, 1.165) is 49.8 Å². The molecule has 0 saturated heterocycles. The van der Waals surface area contributed by atoms with Crippen LogP contribution in [0.4, 0.5) is 0 Å². The van der Waals surface area contributed by atoms with Crippen molar-refractivity contribution in [2.45, 2.75) is 63.9 Å². The van der Waals surface area contributed by atoms with Crippen LogP contribution in [-0.4, -0.2) is 37.8 Å². The van der Waals surface area contributed by atoms with Crippen LogP contribution in [0, 0.1) is 5.92 Å². The second-order valence-electron chi connectivity index (χ2n) is 8.27. The summed E-state index contributed by atoms with van der Waals surface area (Å²) in [6, 6.07) is 5.59. The Morgan fingerprint density at radius 1 is 1.07 bits per heavy atom. The topological polar surface area (TPSA) is 74.2 Å². The summed E-state index contributed by atoms with van der Waals surface area (Å²) in [4.78, 5) is 31.1. The molecule has 160 valence electrons. The first-order valence-corrected chi connectivity index (χ1v) is 10.8. The fraction of sp³-hybridized carbons (Fsp3) is 0.542. The van der Waals surface area contributed by atoms with Gasteiger partial charge in [-0.25, -0.2) is 0 Å². The largest absolute Gasteiger partial charge is 0.493 e. The van der Waals surface area contributed by atoms with Gasteiger partial charge in [-0.05, 0) is 51.5 Å². The normalized spacial score (nSPS) is 24.4. The zero-order valence-electron chi connectivity index (χ0n) is 17.9. The number of para-hydroxylation sites is 1. The first-order valence-electron chi connectivity index (χ1n) is 10.8. The smallest absolute Gasteiger partial charge is 0.315 e. The van der Waals surface area contributed by atoms with Gasteiger partial charge in [-0.15, -0.1) is 0 Å². The third-order valence-corrected chi connectivity index (χ3v) is 6.44. The van der Waals surface area contributed by atoms with E-state index in [-0.39, 0.29) is 17.9 Å². The van der Waals surface area contributed by atoms with Gasteiger partial charge in [0.05, 0.1) is 14.2 Å². The first kappa shape index (κ1) is 20.6. The number of nitrogens with zero attached hydrogens (tertiary/aromatic N) is 1. The highest BCUT2D eigenvalue weighted by atomic mass is 16.5. The maximum Gasteiger partial charge on any atom is 0.315 e. The molecule has 0 aromatic heterocycles. The van der Waals surface area contributed by atoms with E-state index in [1.807, 2.05) is 25.1 Å². The van der Waals surface area contributed by atoms with Gasteiger partial charge in [-0.3, -0.25) is 14.6 Å². The number of hydrogen-bond donors (Lipinski definition) is 0. The lowest BCUT2D eigenvalue weighted by Crippen LogP contribution is -2.38. The Morgan fingerprint density at radius 3 is 2.53 bits per heavy atom. The molecule has 1 unspecified atom stereocenters. The van der Waals surface area contributed by atoms with Gasteiger partial charge in [-0.1, -0.05) is 12.1 Å². The van der Waals surface area contributed by atoms with Crippen LogP contribution in [0.3, 0.4) is 0 Å². The van der Waals surface area contributed by atoms with Crippen LogP contribution < -0.4 is 9.47 Å². The van der Waals surface area contributed by atoms with E-state index in [0.29, 0.717) is 29.2 Å². The zero-order chi connectivity index (χ0) is 21.3. The molecular formula is C24H29NO5. The Kier molecular flexibility index (Phi) is 5.93. The van der Waals surface area contributed by atoms with Crippen molar-refractivity contribution in [2.24, 2.45) is 10.9 Å². The number of benzene rings is 1. The van der Waals surface area contributed by atoms with Crippen LogP contribution >= 0.6 is 0 Å². The highest BCUT2D eigenvalue weighted by Crippen LogP contribution is 2.48. The van der Waals surface area contributed by atoms with E-state index in [4.69, 9.17) is 19.2 Å². The molecule has 1 aliphatic heterocycles. The number of allylic oxidation sites excluding steroid dienone is 2. The van der Waals surface area contributed by atoms with E-state index in [2.05, 4.69) is 0 Å². The molecule has 0 amide bonds. The lowest BCUT2D eigenvalue weighted by atomic mass is 9.71. The van der Waals surface area contributed by atoms with Gasteiger partial charge in [-0.2, -0.15) is 0 Å². The molecule has 4 rings (SSSR count). The molecule has 1 saturated carbocycles. The predicted molar refractivity (Wildman–Crippen MR) is 113 cm³/mol. The Labute approximate surface area is 177 Å². The van der Waals surface area contributed by atoms with Crippen LogP contribution in [-0.2, 0) is 14.3 Å². The fourth-order valence-corrected chi connectivity index (χ4v) is 5.05. The number of methoxy groups -OCH3 is 2. The van der Waals surface area contributed by atoms with Crippen molar-refractivity contribution in [1.82, 2.24) is 0 Å². The minimum Gasteiger partial charge on any atom is -0.493 e. The molecule has 3 aliphatic rings. The van der Waals surface area contributed by atoms with Gasteiger partial charge in [0.1, 0.15) is 12.0 Å². The summed E-state index contributed by atoms with van der Waals surface area (Å²) in [6.45, 7) is 1.86. The molecule has 2 atom stereocenters. The zero-order valence-corrected chi connectivity index (χ0v) is 17.9. The second kappa shape index (κ2) is 8.62. The molecule has 0 radical (unpaired) electrons. The van der Waals surface area contributed by atoms with E-state index in [9.17, 15) is 9.59 Å². The molecule has 2 aliphatic carbocycles. The molecule has 0 N–H and O–H groups in total. The maximum atomic E-state index is 13.4.